The number of carbonyl (C=O) groups is 1. The van der Waals surface area contributed by atoms with Gasteiger partial charge in [0.25, 0.3) is 0 Å². The standard InChI is InChI=1S/C15H17NO5S2/c1-10(11-4-6-12(21-3)7-5-11)16(2)23(19,20)13-8-14(15(17)18)22-9-13/h4-10H,1-3H3,(H,17,18). The van der Waals surface area contributed by atoms with E-state index in [1.54, 1.807) is 38.3 Å². The minimum atomic E-state index is -3.77. The average molecular weight is 355 g/mol. The maximum absolute atomic E-state index is 12.6. The Labute approximate surface area is 139 Å². The Kier molecular flexibility index (Phi) is 5.08. The van der Waals surface area contributed by atoms with Gasteiger partial charge in [-0.05, 0) is 30.7 Å². The molecule has 0 amide bonds. The van der Waals surface area contributed by atoms with Gasteiger partial charge >= 0.3 is 5.97 Å². The molecule has 23 heavy (non-hydrogen) atoms. The van der Waals surface area contributed by atoms with Crippen molar-refractivity contribution in [2.24, 2.45) is 0 Å². The van der Waals surface area contributed by atoms with Crippen LogP contribution >= 0.6 is 11.3 Å². The summed E-state index contributed by atoms with van der Waals surface area (Å²) in [5, 5.41) is 10.3. The Morgan fingerprint density at radius 3 is 2.39 bits per heavy atom. The number of rotatable bonds is 6. The Morgan fingerprint density at radius 1 is 1.30 bits per heavy atom. The van der Waals surface area contributed by atoms with E-state index in [0.717, 1.165) is 16.9 Å². The van der Waals surface area contributed by atoms with Gasteiger partial charge in [0.05, 0.1) is 12.0 Å². The molecule has 0 saturated carbocycles. The van der Waals surface area contributed by atoms with Gasteiger partial charge in [0.2, 0.25) is 10.0 Å². The molecular formula is C15H17NO5S2. The molecule has 0 aliphatic carbocycles. The van der Waals surface area contributed by atoms with Crippen LogP contribution in [0, 0.1) is 0 Å². The lowest BCUT2D eigenvalue weighted by Gasteiger charge is -2.24. The van der Waals surface area contributed by atoms with Gasteiger partial charge in [-0.3, -0.25) is 0 Å². The van der Waals surface area contributed by atoms with Gasteiger partial charge in [0, 0.05) is 18.5 Å². The number of aromatic carboxylic acids is 1. The normalized spacial score (nSPS) is 13.0. The number of methoxy groups -OCH3 is 1. The highest BCUT2D eigenvalue weighted by molar-refractivity contribution is 7.89. The number of hydrogen-bond acceptors (Lipinski definition) is 5. The average Bonchev–Trinajstić information content (AvgIpc) is 3.04. The first-order valence-corrected chi connectivity index (χ1v) is 9.03. The van der Waals surface area contributed by atoms with Crippen LogP contribution in [0.1, 0.15) is 28.2 Å². The summed E-state index contributed by atoms with van der Waals surface area (Å²) < 4.78 is 31.6. The molecule has 1 aromatic carbocycles. The lowest BCUT2D eigenvalue weighted by molar-refractivity contribution is 0.0702. The quantitative estimate of drug-likeness (QED) is 0.861. The summed E-state index contributed by atoms with van der Waals surface area (Å²) in [7, 11) is -0.730. The van der Waals surface area contributed by atoms with Gasteiger partial charge in [-0.25, -0.2) is 13.2 Å². The summed E-state index contributed by atoms with van der Waals surface area (Å²) >= 11 is 0.892. The molecule has 1 unspecified atom stereocenters. The Hall–Kier alpha value is -1.90. The van der Waals surface area contributed by atoms with E-state index in [2.05, 4.69) is 0 Å². The predicted octanol–water partition coefficient (Wildman–Crippen LogP) is 2.84. The van der Waals surface area contributed by atoms with Crippen molar-refractivity contribution in [3.05, 3.63) is 46.2 Å². The lowest BCUT2D eigenvalue weighted by atomic mass is 10.1. The number of carboxylic acid groups (broad SMARTS) is 1. The molecule has 1 heterocycles. The van der Waals surface area contributed by atoms with E-state index in [9.17, 15) is 13.2 Å². The van der Waals surface area contributed by atoms with Crippen LogP contribution in [-0.2, 0) is 10.0 Å². The number of thiophene rings is 1. The molecule has 0 fully saturated rings. The Bertz CT molecular complexity index is 796. The summed E-state index contributed by atoms with van der Waals surface area (Å²) in [6.45, 7) is 1.77. The third-order valence-electron chi connectivity index (χ3n) is 3.61. The highest BCUT2D eigenvalue weighted by Gasteiger charge is 2.28. The van der Waals surface area contributed by atoms with E-state index in [4.69, 9.17) is 9.84 Å². The molecule has 8 heteroatoms. The molecule has 0 bridgehead atoms. The zero-order valence-electron chi connectivity index (χ0n) is 12.9. The van der Waals surface area contributed by atoms with Gasteiger partial charge in [0.15, 0.2) is 0 Å². The first kappa shape index (κ1) is 17.5. The second-order valence-electron chi connectivity index (χ2n) is 4.92. The van der Waals surface area contributed by atoms with Crippen molar-refractivity contribution in [2.45, 2.75) is 17.9 Å². The first-order valence-electron chi connectivity index (χ1n) is 6.71. The van der Waals surface area contributed by atoms with Crippen LogP contribution in [0.2, 0.25) is 0 Å². The molecule has 1 N–H and O–H groups in total. The van der Waals surface area contributed by atoms with Gasteiger partial charge in [0.1, 0.15) is 10.6 Å². The molecule has 0 spiro atoms. The van der Waals surface area contributed by atoms with Gasteiger partial charge in [-0.15, -0.1) is 11.3 Å². The molecule has 0 aliphatic heterocycles. The van der Waals surface area contributed by atoms with Crippen molar-refractivity contribution in [1.82, 2.24) is 4.31 Å². The van der Waals surface area contributed by atoms with E-state index in [1.807, 2.05) is 0 Å². The van der Waals surface area contributed by atoms with Crippen LogP contribution in [0.4, 0.5) is 0 Å². The fourth-order valence-corrected chi connectivity index (χ4v) is 4.48. The van der Waals surface area contributed by atoms with E-state index >= 15 is 0 Å². The molecule has 0 aliphatic rings. The fourth-order valence-electron chi connectivity index (χ4n) is 2.03. The van der Waals surface area contributed by atoms with Crippen LogP contribution in [-0.4, -0.2) is 38.0 Å². The number of nitrogens with zero attached hydrogens (tertiary/aromatic N) is 1. The largest absolute Gasteiger partial charge is 0.497 e. The van der Waals surface area contributed by atoms with Gasteiger partial charge in [-0.1, -0.05) is 12.1 Å². The topological polar surface area (TPSA) is 83.9 Å². The molecule has 0 radical (unpaired) electrons. The summed E-state index contributed by atoms with van der Waals surface area (Å²) in [5.41, 5.74) is 0.811. The fraction of sp³-hybridized carbons (Fsp3) is 0.267. The van der Waals surface area contributed by atoms with Crippen molar-refractivity contribution in [2.75, 3.05) is 14.2 Å². The predicted molar refractivity (Wildman–Crippen MR) is 87.6 cm³/mol. The molecular weight excluding hydrogens is 338 g/mol. The van der Waals surface area contributed by atoms with Crippen LogP contribution < -0.4 is 4.74 Å². The first-order chi connectivity index (χ1) is 10.8. The second kappa shape index (κ2) is 6.69. The van der Waals surface area contributed by atoms with Gasteiger partial charge in [-0.2, -0.15) is 4.31 Å². The third-order valence-corrected chi connectivity index (χ3v) is 6.58. The van der Waals surface area contributed by atoms with Crippen molar-refractivity contribution < 1.29 is 23.1 Å². The third kappa shape index (κ3) is 3.54. The van der Waals surface area contributed by atoms with Crippen molar-refractivity contribution in [1.29, 1.82) is 0 Å². The molecule has 0 saturated heterocycles. The molecule has 2 rings (SSSR count). The van der Waals surface area contributed by atoms with Crippen molar-refractivity contribution in [3.63, 3.8) is 0 Å². The number of carboxylic acids is 1. The minimum Gasteiger partial charge on any atom is -0.497 e. The molecule has 124 valence electrons. The number of ether oxygens (including phenoxy) is 1. The number of benzene rings is 1. The maximum Gasteiger partial charge on any atom is 0.345 e. The lowest BCUT2D eigenvalue weighted by Crippen LogP contribution is -2.29. The van der Waals surface area contributed by atoms with Crippen LogP contribution in [0.3, 0.4) is 0 Å². The van der Waals surface area contributed by atoms with Crippen LogP contribution in [0.25, 0.3) is 0 Å². The molecule has 2 aromatic rings. The Balaban J connectivity index is 2.28. The zero-order chi connectivity index (χ0) is 17.2. The minimum absolute atomic E-state index is 0.00549. The maximum atomic E-state index is 12.6. The van der Waals surface area contributed by atoms with Gasteiger partial charge < -0.3 is 9.84 Å². The highest BCUT2D eigenvalue weighted by atomic mass is 32.2. The zero-order valence-corrected chi connectivity index (χ0v) is 14.5. The highest BCUT2D eigenvalue weighted by Crippen LogP contribution is 2.29. The molecule has 1 atom stereocenters. The second-order valence-corrected chi connectivity index (χ2v) is 7.83. The van der Waals surface area contributed by atoms with E-state index in [0.29, 0.717) is 5.75 Å². The Morgan fingerprint density at radius 2 is 1.91 bits per heavy atom. The van der Waals surface area contributed by atoms with E-state index in [1.165, 1.54) is 22.8 Å². The monoisotopic (exact) mass is 355 g/mol. The van der Waals surface area contributed by atoms with Crippen molar-refractivity contribution in [3.8, 4) is 5.75 Å². The SMILES string of the molecule is COc1ccc(C(C)N(C)S(=O)(=O)c2csc(C(=O)O)c2)cc1. The molecule has 6 nitrogen and oxygen atoms in total. The number of hydrogen-bond donors (Lipinski definition) is 1. The summed E-state index contributed by atoms with van der Waals surface area (Å²) in [6, 6.07) is 7.90. The van der Waals surface area contributed by atoms with Crippen molar-refractivity contribution >= 4 is 27.3 Å². The summed E-state index contributed by atoms with van der Waals surface area (Å²) in [4.78, 5) is 10.9. The van der Waals surface area contributed by atoms with Crippen LogP contribution in [0.5, 0.6) is 5.75 Å². The van der Waals surface area contributed by atoms with E-state index in [-0.39, 0.29) is 9.77 Å². The summed E-state index contributed by atoms with van der Waals surface area (Å²) in [5.74, 6) is -0.447. The number of sulfonamides is 1. The molecule has 1 aromatic heterocycles. The smallest absolute Gasteiger partial charge is 0.345 e. The van der Waals surface area contributed by atoms with E-state index < -0.39 is 22.0 Å². The van der Waals surface area contributed by atoms with Crippen LogP contribution in [0.15, 0.2) is 40.6 Å². The summed E-state index contributed by atoms with van der Waals surface area (Å²) in [6.07, 6.45) is 0.